The monoisotopic (exact) mass is 325 g/mol. The molecule has 5 nitrogen and oxygen atoms in total. The van der Waals surface area contributed by atoms with Crippen LogP contribution in [-0.4, -0.2) is 91.3 Å². The largest absolute Gasteiger partial charge is 0.373 e. The Balaban J connectivity index is 1.31. The van der Waals surface area contributed by atoms with Crippen molar-refractivity contribution < 1.29 is 13.9 Å². The van der Waals surface area contributed by atoms with Crippen molar-refractivity contribution in [3.63, 3.8) is 0 Å². The molecule has 1 aliphatic carbocycles. The van der Waals surface area contributed by atoms with Gasteiger partial charge in [-0.15, -0.1) is 0 Å². The molecular formula is C17H28FN3O2. The summed E-state index contributed by atoms with van der Waals surface area (Å²) in [5.41, 5.74) is 0. The first-order chi connectivity index (χ1) is 11.2. The molecule has 23 heavy (non-hydrogen) atoms. The molecule has 0 bridgehead atoms. The van der Waals surface area contributed by atoms with Crippen molar-refractivity contribution in [2.45, 2.75) is 44.0 Å². The van der Waals surface area contributed by atoms with E-state index in [1.165, 1.54) is 25.9 Å². The number of rotatable bonds is 4. The number of likely N-dealkylation sites (tertiary alicyclic amines) is 2. The minimum atomic E-state index is -0.762. The Kier molecular flexibility index (Phi) is 4.56. The van der Waals surface area contributed by atoms with E-state index >= 15 is 0 Å². The molecule has 3 aliphatic heterocycles. The highest BCUT2D eigenvalue weighted by Gasteiger charge is 2.45. The molecule has 0 N–H and O–H groups in total. The highest BCUT2D eigenvalue weighted by atomic mass is 19.1. The summed E-state index contributed by atoms with van der Waals surface area (Å²) < 4.78 is 18.9. The van der Waals surface area contributed by atoms with E-state index < -0.39 is 6.17 Å². The third kappa shape index (κ3) is 3.26. The Bertz CT molecular complexity index is 438. The SMILES string of the molecule is O=C(C1CC(F)C1)N1C[C@@H]2OCCN(CCN3CCCC3)[C@@H]2C1. The van der Waals surface area contributed by atoms with E-state index in [1.807, 2.05) is 4.90 Å². The quantitative estimate of drug-likeness (QED) is 0.764. The van der Waals surface area contributed by atoms with Crippen LogP contribution in [-0.2, 0) is 9.53 Å². The highest BCUT2D eigenvalue weighted by molar-refractivity contribution is 5.80. The maximum absolute atomic E-state index is 13.0. The van der Waals surface area contributed by atoms with Gasteiger partial charge in [-0.2, -0.15) is 0 Å². The van der Waals surface area contributed by atoms with Crippen LogP contribution in [0.1, 0.15) is 25.7 Å². The second-order valence-electron chi connectivity index (χ2n) is 7.57. The van der Waals surface area contributed by atoms with Crippen molar-refractivity contribution >= 4 is 5.91 Å². The van der Waals surface area contributed by atoms with Crippen molar-refractivity contribution in [3.05, 3.63) is 0 Å². The van der Waals surface area contributed by atoms with Crippen LogP contribution in [0.25, 0.3) is 0 Å². The fourth-order valence-corrected chi connectivity index (χ4v) is 4.50. The lowest BCUT2D eigenvalue weighted by Gasteiger charge is -2.37. The summed E-state index contributed by atoms with van der Waals surface area (Å²) in [4.78, 5) is 19.4. The summed E-state index contributed by atoms with van der Waals surface area (Å²) >= 11 is 0. The van der Waals surface area contributed by atoms with E-state index in [0.29, 0.717) is 25.4 Å². The van der Waals surface area contributed by atoms with Crippen LogP contribution in [0.3, 0.4) is 0 Å². The Morgan fingerprint density at radius 3 is 2.61 bits per heavy atom. The molecule has 4 aliphatic rings. The van der Waals surface area contributed by atoms with Gasteiger partial charge in [0.25, 0.3) is 0 Å². The number of fused-ring (bicyclic) bond motifs is 1. The van der Waals surface area contributed by atoms with Gasteiger partial charge in [0, 0.05) is 38.6 Å². The van der Waals surface area contributed by atoms with Crippen molar-refractivity contribution in [1.82, 2.24) is 14.7 Å². The van der Waals surface area contributed by atoms with Gasteiger partial charge in [-0.1, -0.05) is 0 Å². The summed E-state index contributed by atoms with van der Waals surface area (Å²) in [7, 11) is 0. The minimum absolute atomic E-state index is 0.0804. The number of carbonyl (C=O) groups excluding carboxylic acids is 1. The van der Waals surface area contributed by atoms with Crippen LogP contribution < -0.4 is 0 Å². The summed E-state index contributed by atoms with van der Waals surface area (Å²) in [6, 6.07) is 0.330. The molecule has 1 saturated carbocycles. The van der Waals surface area contributed by atoms with Gasteiger partial charge in [0.1, 0.15) is 6.17 Å². The maximum atomic E-state index is 13.0. The minimum Gasteiger partial charge on any atom is -0.373 e. The van der Waals surface area contributed by atoms with E-state index in [4.69, 9.17) is 4.74 Å². The number of ether oxygens (including phenoxy) is 1. The van der Waals surface area contributed by atoms with Gasteiger partial charge < -0.3 is 14.5 Å². The van der Waals surface area contributed by atoms with Gasteiger partial charge in [-0.05, 0) is 38.8 Å². The zero-order valence-electron chi connectivity index (χ0n) is 13.8. The molecule has 6 heteroatoms. The van der Waals surface area contributed by atoms with Crippen LogP contribution in [0.5, 0.6) is 0 Å². The summed E-state index contributed by atoms with van der Waals surface area (Å²) in [5, 5.41) is 0. The smallest absolute Gasteiger partial charge is 0.226 e. The third-order valence-electron chi connectivity index (χ3n) is 6.06. The number of amides is 1. The van der Waals surface area contributed by atoms with Crippen molar-refractivity contribution in [3.8, 4) is 0 Å². The lowest BCUT2D eigenvalue weighted by molar-refractivity contribution is -0.139. The normalized spacial score (nSPS) is 38.6. The summed E-state index contributed by atoms with van der Waals surface area (Å²) in [5.74, 6) is 0.0691. The fourth-order valence-electron chi connectivity index (χ4n) is 4.50. The average Bonchev–Trinajstić information content (AvgIpc) is 3.18. The first-order valence-electron chi connectivity index (χ1n) is 9.21. The van der Waals surface area contributed by atoms with Crippen LogP contribution in [0.4, 0.5) is 4.39 Å². The van der Waals surface area contributed by atoms with Gasteiger partial charge in [-0.3, -0.25) is 9.69 Å². The number of alkyl halides is 1. The van der Waals surface area contributed by atoms with Gasteiger partial charge in [-0.25, -0.2) is 4.39 Å². The van der Waals surface area contributed by atoms with Crippen LogP contribution in [0.2, 0.25) is 0 Å². The van der Waals surface area contributed by atoms with Crippen LogP contribution >= 0.6 is 0 Å². The molecule has 0 aromatic rings. The van der Waals surface area contributed by atoms with E-state index in [0.717, 1.165) is 32.8 Å². The first kappa shape index (κ1) is 15.8. The molecular weight excluding hydrogens is 297 g/mol. The Hall–Kier alpha value is -0.720. The number of hydrogen-bond donors (Lipinski definition) is 0. The standard InChI is InChI=1S/C17H28FN3O2/c18-14-9-13(10-14)17(22)21-11-15-16(12-21)23-8-7-20(15)6-5-19-3-1-2-4-19/h13-16H,1-12H2/t13?,14?,15-,16+/m1/s1. The number of carbonyl (C=O) groups is 1. The predicted molar refractivity (Wildman–Crippen MR) is 85.0 cm³/mol. The van der Waals surface area contributed by atoms with Gasteiger partial charge in [0.2, 0.25) is 5.91 Å². The van der Waals surface area contributed by atoms with Crippen LogP contribution in [0.15, 0.2) is 0 Å². The molecule has 3 heterocycles. The van der Waals surface area contributed by atoms with Crippen molar-refractivity contribution in [1.29, 1.82) is 0 Å². The van der Waals surface area contributed by atoms with Crippen molar-refractivity contribution in [2.24, 2.45) is 5.92 Å². The first-order valence-corrected chi connectivity index (χ1v) is 9.21. The summed E-state index contributed by atoms with van der Waals surface area (Å²) in [6.45, 7) is 7.84. The lowest BCUT2D eigenvalue weighted by Crippen LogP contribution is -2.52. The second-order valence-corrected chi connectivity index (χ2v) is 7.57. The molecule has 0 aromatic heterocycles. The van der Waals surface area contributed by atoms with E-state index in [2.05, 4.69) is 9.80 Å². The molecule has 4 fully saturated rings. The third-order valence-corrected chi connectivity index (χ3v) is 6.06. The number of hydrogen-bond acceptors (Lipinski definition) is 4. The lowest BCUT2D eigenvalue weighted by atomic mass is 9.82. The maximum Gasteiger partial charge on any atom is 0.226 e. The molecule has 2 atom stereocenters. The molecule has 0 unspecified atom stereocenters. The Morgan fingerprint density at radius 1 is 1.09 bits per heavy atom. The van der Waals surface area contributed by atoms with E-state index in [9.17, 15) is 9.18 Å². The molecule has 4 rings (SSSR count). The number of morpholine rings is 1. The van der Waals surface area contributed by atoms with E-state index in [1.54, 1.807) is 0 Å². The number of nitrogens with zero attached hydrogens (tertiary/aromatic N) is 3. The second kappa shape index (κ2) is 6.65. The fraction of sp³-hybridized carbons (Fsp3) is 0.941. The van der Waals surface area contributed by atoms with Crippen LogP contribution in [0, 0.1) is 5.92 Å². The molecule has 130 valence electrons. The van der Waals surface area contributed by atoms with E-state index in [-0.39, 0.29) is 17.9 Å². The zero-order valence-corrected chi connectivity index (χ0v) is 13.8. The van der Waals surface area contributed by atoms with Gasteiger partial charge in [0.15, 0.2) is 0 Å². The molecule has 0 spiro atoms. The number of halogens is 1. The Labute approximate surface area is 137 Å². The van der Waals surface area contributed by atoms with Gasteiger partial charge in [0.05, 0.1) is 18.8 Å². The van der Waals surface area contributed by atoms with Gasteiger partial charge >= 0.3 is 0 Å². The topological polar surface area (TPSA) is 36.0 Å². The zero-order chi connectivity index (χ0) is 15.8. The predicted octanol–water partition coefficient (Wildman–Crippen LogP) is 0.742. The summed E-state index contributed by atoms with van der Waals surface area (Å²) in [6.07, 6.45) is 2.88. The molecule has 3 saturated heterocycles. The molecule has 1 amide bonds. The Morgan fingerprint density at radius 2 is 1.87 bits per heavy atom. The molecule has 0 radical (unpaired) electrons. The highest BCUT2D eigenvalue weighted by Crippen LogP contribution is 2.33. The van der Waals surface area contributed by atoms with Crippen molar-refractivity contribution in [2.75, 3.05) is 52.4 Å². The average molecular weight is 325 g/mol. The molecule has 0 aromatic carbocycles.